The summed E-state index contributed by atoms with van der Waals surface area (Å²) in [7, 11) is 1.26. The fourth-order valence-corrected chi connectivity index (χ4v) is 5.58. The minimum atomic E-state index is -1.20. The van der Waals surface area contributed by atoms with Crippen LogP contribution in [0.4, 0.5) is 10.5 Å². The van der Waals surface area contributed by atoms with Crippen LogP contribution in [0, 0.1) is 13.7 Å². The molecular formula is C33H36IN5O10. The van der Waals surface area contributed by atoms with Crippen molar-refractivity contribution in [1.29, 1.82) is 0 Å². The smallest absolute Gasteiger partial charge is 0.337 e. The van der Waals surface area contributed by atoms with Gasteiger partial charge in [0.15, 0.2) is 29.2 Å². The summed E-state index contributed by atoms with van der Waals surface area (Å²) < 4.78 is 29.0. The number of hydrazone groups is 1. The molecule has 4 N–H and O–H groups in total. The van der Waals surface area contributed by atoms with E-state index in [0.717, 1.165) is 3.57 Å². The number of amides is 2. The van der Waals surface area contributed by atoms with E-state index in [1.807, 2.05) is 13.0 Å². The predicted octanol–water partition coefficient (Wildman–Crippen LogP) is 4.70. The van der Waals surface area contributed by atoms with Crippen LogP contribution in [-0.4, -0.2) is 61.4 Å². The summed E-state index contributed by atoms with van der Waals surface area (Å²) in [5, 5.41) is 31.1. The Balaban J connectivity index is 1.40. The Morgan fingerprint density at radius 3 is 2.55 bits per heavy atom. The van der Waals surface area contributed by atoms with Crippen molar-refractivity contribution in [2.45, 2.75) is 39.6 Å². The number of urea groups is 1. The molecule has 49 heavy (non-hydrogen) atoms. The molecule has 0 saturated carbocycles. The van der Waals surface area contributed by atoms with E-state index >= 15 is 0 Å². The first kappa shape index (κ1) is 36.7. The van der Waals surface area contributed by atoms with E-state index < -0.39 is 29.2 Å². The number of nitrogens with one attached hydrogen (secondary N) is 3. The molecule has 0 aromatic heterocycles. The van der Waals surface area contributed by atoms with E-state index in [0.29, 0.717) is 58.6 Å². The van der Waals surface area contributed by atoms with Crippen molar-refractivity contribution in [2.75, 3.05) is 26.9 Å². The van der Waals surface area contributed by atoms with Gasteiger partial charge in [-0.15, -0.1) is 0 Å². The van der Waals surface area contributed by atoms with E-state index in [1.165, 1.54) is 25.5 Å². The summed E-state index contributed by atoms with van der Waals surface area (Å²) in [4.78, 5) is 35.3. The molecule has 0 spiro atoms. The maximum atomic E-state index is 12.5. The van der Waals surface area contributed by atoms with E-state index in [9.17, 15) is 24.8 Å². The minimum absolute atomic E-state index is 0.0210. The highest BCUT2D eigenvalue weighted by Crippen LogP contribution is 2.36. The topological polar surface area (TPSA) is 192 Å². The van der Waals surface area contributed by atoms with Gasteiger partial charge in [0.05, 0.1) is 46.6 Å². The molecule has 2 atom stereocenters. The van der Waals surface area contributed by atoms with E-state index in [4.69, 9.17) is 23.7 Å². The van der Waals surface area contributed by atoms with Crippen LogP contribution in [-0.2, 0) is 16.1 Å². The molecule has 15 nitrogen and oxygen atoms in total. The van der Waals surface area contributed by atoms with Gasteiger partial charge in [0, 0.05) is 17.8 Å². The molecule has 1 heterocycles. The monoisotopic (exact) mass is 789 g/mol. The highest BCUT2D eigenvalue weighted by molar-refractivity contribution is 14.1. The fourth-order valence-electron chi connectivity index (χ4n) is 4.80. The van der Waals surface area contributed by atoms with Gasteiger partial charge < -0.3 is 39.4 Å². The molecule has 0 fully saturated rings. The molecule has 3 aromatic carbocycles. The van der Waals surface area contributed by atoms with Crippen LogP contribution < -0.4 is 35.0 Å². The number of esters is 1. The summed E-state index contributed by atoms with van der Waals surface area (Å²) >= 11 is 2.10. The Hall–Kier alpha value is -5.10. The van der Waals surface area contributed by atoms with Gasteiger partial charge in [-0.05, 0) is 84.3 Å². The number of non-ortho nitro benzene ring substituents is 1. The normalized spacial score (nSPS) is 14.8. The zero-order chi connectivity index (χ0) is 35.5. The molecule has 16 heteroatoms. The SMILES string of the molecule is CCOc1cc([C@H]2NC(=O)NC(C)=C2C(=O)OC)ccc1OC[C@H](O)N/N=C\c1cc(I)c(OCc2cccc([N+](=O)[O-])c2)c(OCC)c1. The lowest BCUT2D eigenvalue weighted by Gasteiger charge is -2.28. The third kappa shape index (κ3) is 9.73. The number of hydrogen-bond acceptors (Lipinski definition) is 12. The van der Waals surface area contributed by atoms with E-state index in [-0.39, 0.29) is 24.5 Å². The Morgan fingerprint density at radius 2 is 1.84 bits per heavy atom. The van der Waals surface area contributed by atoms with Crippen LogP contribution in [0.5, 0.6) is 23.0 Å². The summed E-state index contributed by atoms with van der Waals surface area (Å²) in [6, 6.07) is 13.5. The molecule has 3 aromatic rings. The van der Waals surface area contributed by atoms with Crippen LogP contribution in [0.15, 0.2) is 71.0 Å². The van der Waals surface area contributed by atoms with Gasteiger partial charge in [-0.3, -0.25) is 15.5 Å². The summed E-state index contributed by atoms with van der Waals surface area (Å²) in [5.74, 6) is 1.03. The number of rotatable bonds is 16. The highest BCUT2D eigenvalue weighted by atomic mass is 127. The minimum Gasteiger partial charge on any atom is -0.490 e. The van der Waals surface area contributed by atoms with Gasteiger partial charge in [0.25, 0.3) is 5.69 Å². The maximum absolute atomic E-state index is 12.5. The molecule has 0 bridgehead atoms. The number of halogens is 1. The Kier molecular flexibility index (Phi) is 13.0. The fraction of sp³-hybridized carbons (Fsp3) is 0.303. The van der Waals surface area contributed by atoms with Crippen LogP contribution in [0.25, 0.3) is 0 Å². The van der Waals surface area contributed by atoms with Crippen LogP contribution >= 0.6 is 22.6 Å². The van der Waals surface area contributed by atoms with E-state index in [2.05, 4.69) is 43.8 Å². The zero-order valence-corrected chi connectivity index (χ0v) is 29.3. The number of methoxy groups -OCH3 is 1. The number of nitro groups is 1. The first-order valence-electron chi connectivity index (χ1n) is 15.1. The number of nitrogens with zero attached hydrogens (tertiary/aromatic N) is 2. The largest absolute Gasteiger partial charge is 0.490 e. The number of hydrogen-bond donors (Lipinski definition) is 4. The van der Waals surface area contributed by atoms with E-state index in [1.54, 1.807) is 50.2 Å². The quantitative estimate of drug-likeness (QED) is 0.0393. The second-order valence-corrected chi connectivity index (χ2v) is 11.6. The predicted molar refractivity (Wildman–Crippen MR) is 187 cm³/mol. The van der Waals surface area contributed by atoms with Crippen molar-refractivity contribution in [1.82, 2.24) is 16.1 Å². The number of aliphatic hydroxyl groups excluding tert-OH is 1. The Bertz CT molecular complexity index is 1750. The molecule has 260 valence electrons. The molecule has 0 unspecified atom stereocenters. The molecule has 0 aliphatic carbocycles. The number of aliphatic hydroxyl groups is 1. The number of nitro benzene ring substituents is 1. The average Bonchev–Trinajstić information content (AvgIpc) is 3.07. The number of allylic oxidation sites excluding steroid dienone is 1. The second kappa shape index (κ2) is 17.3. The lowest BCUT2D eigenvalue weighted by Crippen LogP contribution is -2.45. The third-order valence-corrected chi connectivity index (χ3v) is 7.75. The van der Waals surface area contributed by atoms with Gasteiger partial charge in [0.1, 0.15) is 13.2 Å². The number of carbonyl (C=O) groups is 2. The second-order valence-electron chi connectivity index (χ2n) is 10.4. The van der Waals surface area contributed by atoms with Crippen molar-refractivity contribution < 1.29 is 43.3 Å². The lowest BCUT2D eigenvalue weighted by atomic mass is 9.95. The molecule has 4 rings (SSSR count). The van der Waals surface area contributed by atoms with Gasteiger partial charge in [0.2, 0.25) is 0 Å². The number of carbonyl (C=O) groups excluding carboxylic acids is 2. The van der Waals surface area contributed by atoms with Crippen molar-refractivity contribution >= 4 is 46.5 Å². The number of ether oxygens (including phenoxy) is 5. The zero-order valence-electron chi connectivity index (χ0n) is 27.2. The molecule has 1 aliphatic rings. The highest BCUT2D eigenvalue weighted by Gasteiger charge is 2.32. The van der Waals surface area contributed by atoms with Crippen LogP contribution in [0.2, 0.25) is 0 Å². The summed E-state index contributed by atoms with van der Waals surface area (Å²) in [5.41, 5.74) is 5.08. The molecular weight excluding hydrogens is 753 g/mol. The number of benzene rings is 3. The molecule has 0 radical (unpaired) electrons. The van der Waals surface area contributed by atoms with Crippen molar-refractivity contribution in [3.05, 3.63) is 96.2 Å². The summed E-state index contributed by atoms with van der Waals surface area (Å²) in [6.07, 6.45) is 0.300. The van der Waals surface area contributed by atoms with Crippen molar-refractivity contribution in [3.63, 3.8) is 0 Å². The first-order chi connectivity index (χ1) is 23.5. The maximum Gasteiger partial charge on any atom is 0.337 e. The summed E-state index contributed by atoms with van der Waals surface area (Å²) in [6.45, 7) is 5.84. The molecule has 1 aliphatic heterocycles. The first-order valence-corrected chi connectivity index (χ1v) is 16.2. The Morgan fingerprint density at radius 1 is 1.08 bits per heavy atom. The third-order valence-electron chi connectivity index (χ3n) is 6.95. The van der Waals surface area contributed by atoms with Crippen molar-refractivity contribution in [2.24, 2.45) is 5.10 Å². The van der Waals surface area contributed by atoms with Gasteiger partial charge in [-0.2, -0.15) is 5.10 Å². The van der Waals surface area contributed by atoms with Crippen LogP contribution in [0.1, 0.15) is 43.5 Å². The lowest BCUT2D eigenvalue weighted by molar-refractivity contribution is -0.384. The average molecular weight is 790 g/mol. The standard InChI is InChI=1S/C33H36IN5O10/c1-5-46-26-15-22(30-29(32(41)45-4)19(3)36-33(42)37-30)10-11-25(26)48-18-28(40)38-35-16-21-13-24(34)31(27(14-21)47-6-2)49-17-20-8-7-9-23(12-20)39(43)44/h7-16,28,30,38,40H,5-6,17-18H2,1-4H3,(H2,36,37,42)/b35-16-/t28-,30+/m0/s1. The van der Waals surface area contributed by atoms with Crippen LogP contribution in [0.3, 0.4) is 0 Å². The Labute approximate surface area is 295 Å². The molecule has 2 amide bonds. The van der Waals surface area contributed by atoms with Crippen molar-refractivity contribution in [3.8, 4) is 23.0 Å². The van der Waals surface area contributed by atoms with Gasteiger partial charge in [-0.25, -0.2) is 9.59 Å². The van der Waals surface area contributed by atoms with Gasteiger partial charge >= 0.3 is 12.0 Å². The molecule has 0 saturated heterocycles. The van der Waals surface area contributed by atoms with Gasteiger partial charge in [-0.1, -0.05) is 18.2 Å².